The number of allylic oxidation sites excluding steroid dienone is 4. The van der Waals surface area contributed by atoms with Gasteiger partial charge in [0.05, 0.1) is 26.4 Å². The second-order valence-corrected chi connectivity index (χ2v) is 31.2. The fourth-order valence-corrected chi connectivity index (χ4v) is 13.3. The van der Waals surface area contributed by atoms with Gasteiger partial charge < -0.3 is 33.8 Å². The van der Waals surface area contributed by atoms with Crippen molar-refractivity contribution in [3.8, 4) is 0 Å². The molecule has 0 rings (SSSR count). The zero-order chi connectivity index (χ0) is 71.9. The topological polar surface area (TPSA) is 237 Å². The number of carbonyl (C=O) groups excluding carboxylic acids is 4. The molecule has 0 aliphatic rings. The minimum Gasteiger partial charge on any atom is -0.462 e. The third-order valence-electron chi connectivity index (χ3n) is 17.9. The van der Waals surface area contributed by atoms with Crippen LogP contribution in [0.3, 0.4) is 0 Å². The molecule has 0 saturated carbocycles. The summed E-state index contributed by atoms with van der Waals surface area (Å²) in [5.41, 5.74) is 0. The number of carbonyl (C=O) groups is 4. The van der Waals surface area contributed by atoms with Gasteiger partial charge in [-0.25, -0.2) is 9.13 Å². The monoisotopic (exact) mass is 1430 g/mol. The van der Waals surface area contributed by atoms with Gasteiger partial charge in [0.1, 0.15) is 19.3 Å². The maximum atomic E-state index is 13.1. The SMILES string of the molecule is CCCCCC/C=C\C=C/CCCCCCCC(=O)OC[C@H](COP(=O)(O)OC[C@@H](O)COP(=O)(O)OC[C@@H](COC(=O)CCCCCCCCCCCCCCC)OC(=O)CCCCCCCCCCCCC(C)C)OC(=O)CCCCCCCCCCCCCCCCCCC. The van der Waals surface area contributed by atoms with E-state index in [0.29, 0.717) is 25.7 Å². The van der Waals surface area contributed by atoms with E-state index >= 15 is 0 Å². The first kappa shape index (κ1) is 95.5. The highest BCUT2D eigenvalue weighted by atomic mass is 31.2. The first-order valence-corrected chi connectivity index (χ1v) is 43.4. The van der Waals surface area contributed by atoms with E-state index in [1.54, 1.807) is 0 Å². The van der Waals surface area contributed by atoms with Gasteiger partial charge in [-0.05, 0) is 57.3 Å². The van der Waals surface area contributed by atoms with Crippen LogP contribution in [0.2, 0.25) is 0 Å². The van der Waals surface area contributed by atoms with Crippen LogP contribution >= 0.6 is 15.6 Å². The molecule has 0 aromatic carbocycles. The molecule has 0 aromatic heterocycles. The van der Waals surface area contributed by atoms with Gasteiger partial charge in [-0.15, -0.1) is 0 Å². The summed E-state index contributed by atoms with van der Waals surface area (Å²) in [5, 5.41) is 10.6. The molecular weight excluding hydrogens is 1280 g/mol. The van der Waals surface area contributed by atoms with Crippen LogP contribution < -0.4 is 0 Å². The molecule has 0 aliphatic carbocycles. The lowest BCUT2D eigenvalue weighted by Gasteiger charge is -2.21. The standard InChI is InChI=1S/C79H150O17P2/c1-6-9-12-15-18-21-24-27-29-30-32-35-38-44-49-54-59-64-78(83)95-74(68-90-77(82)63-58-53-48-43-37-34-31-28-25-22-19-16-13-10-7-2)70-93-97(85,86)91-66-73(80)67-92-98(87,88)94-71-75(96-79(84)65-60-55-50-45-40-39-41-46-51-56-61-72(4)5)69-89-76(81)62-57-52-47-42-36-33-26-23-20-17-14-11-8-3/h22,25,28,31,72-75,80H,6-21,23-24,26-27,29-30,32-71H2,1-5H3,(H,85,86)(H,87,88)/b25-22-,31-28-/t73-,74-,75-/m1/s1. The minimum absolute atomic E-state index is 0.102. The molecule has 0 fully saturated rings. The third-order valence-corrected chi connectivity index (χ3v) is 19.8. The van der Waals surface area contributed by atoms with E-state index in [1.807, 2.05) is 0 Å². The lowest BCUT2D eigenvalue weighted by molar-refractivity contribution is -0.161. The summed E-state index contributed by atoms with van der Waals surface area (Å²) in [6.45, 7) is 7.24. The van der Waals surface area contributed by atoms with E-state index in [-0.39, 0.29) is 25.7 Å². The quantitative estimate of drug-likeness (QED) is 0.0169. The summed E-state index contributed by atoms with van der Waals surface area (Å²) in [4.78, 5) is 72.9. The van der Waals surface area contributed by atoms with Crippen LogP contribution in [-0.4, -0.2) is 96.7 Å². The fraction of sp³-hybridized carbons (Fsp3) is 0.899. The van der Waals surface area contributed by atoms with Gasteiger partial charge in [-0.3, -0.25) is 37.3 Å². The summed E-state index contributed by atoms with van der Waals surface area (Å²) in [6, 6.07) is 0. The second-order valence-electron chi connectivity index (χ2n) is 28.2. The number of aliphatic hydroxyl groups excluding tert-OH is 1. The first-order valence-electron chi connectivity index (χ1n) is 40.5. The Hall–Kier alpha value is -2.46. The third kappa shape index (κ3) is 71.9. The molecule has 19 heteroatoms. The van der Waals surface area contributed by atoms with Crippen molar-refractivity contribution >= 4 is 39.5 Å². The van der Waals surface area contributed by atoms with Gasteiger partial charge in [0.25, 0.3) is 0 Å². The van der Waals surface area contributed by atoms with Crippen LogP contribution in [0.15, 0.2) is 24.3 Å². The molecule has 0 spiro atoms. The van der Waals surface area contributed by atoms with Crippen molar-refractivity contribution in [1.29, 1.82) is 0 Å². The number of rotatable bonds is 77. The Morgan fingerprint density at radius 3 is 0.837 bits per heavy atom. The van der Waals surface area contributed by atoms with Crippen molar-refractivity contribution in [1.82, 2.24) is 0 Å². The molecule has 98 heavy (non-hydrogen) atoms. The van der Waals surface area contributed by atoms with Crippen molar-refractivity contribution in [2.45, 2.75) is 412 Å². The largest absolute Gasteiger partial charge is 0.472 e. The van der Waals surface area contributed by atoms with Crippen molar-refractivity contribution < 1.29 is 80.2 Å². The van der Waals surface area contributed by atoms with Gasteiger partial charge in [0.2, 0.25) is 0 Å². The van der Waals surface area contributed by atoms with Crippen molar-refractivity contribution in [3.63, 3.8) is 0 Å². The smallest absolute Gasteiger partial charge is 0.462 e. The molecule has 0 radical (unpaired) electrons. The van der Waals surface area contributed by atoms with E-state index < -0.39 is 97.5 Å². The number of ether oxygens (including phenoxy) is 4. The molecule has 0 aliphatic heterocycles. The molecule has 0 aromatic rings. The van der Waals surface area contributed by atoms with Crippen molar-refractivity contribution in [3.05, 3.63) is 24.3 Å². The average molecular weight is 1430 g/mol. The van der Waals surface area contributed by atoms with Gasteiger partial charge in [0, 0.05) is 25.7 Å². The fourth-order valence-electron chi connectivity index (χ4n) is 11.7. The van der Waals surface area contributed by atoms with Crippen molar-refractivity contribution in [2.75, 3.05) is 39.6 Å². The Kier molecular flexibility index (Phi) is 69.7. The van der Waals surface area contributed by atoms with Gasteiger partial charge >= 0.3 is 39.5 Å². The number of esters is 4. The molecule has 3 N–H and O–H groups in total. The van der Waals surface area contributed by atoms with Crippen LogP contribution in [0.5, 0.6) is 0 Å². The number of phosphoric ester groups is 2. The maximum absolute atomic E-state index is 13.1. The van der Waals surface area contributed by atoms with Gasteiger partial charge in [0.15, 0.2) is 12.2 Å². The van der Waals surface area contributed by atoms with E-state index in [2.05, 4.69) is 58.9 Å². The second kappa shape index (κ2) is 71.5. The average Bonchev–Trinajstić information content (AvgIpc) is 0.990. The number of hydrogen-bond donors (Lipinski definition) is 3. The zero-order valence-corrected chi connectivity index (χ0v) is 65.2. The van der Waals surface area contributed by atoms with Crippen LogP contribution in [0.25, 0.3) is 0 Å². The van der Waals surface area contributed by atoms with E-state index in [9.17, 15) is 43.2 Å². The van der Waals surface area contributed by atoms with E-state index in [4.69, 9.17) is 37.0 Å². The molecule has 2 unspecified atom stereocenters. The molecule has 17 nitrogen and oxygen atoms in total. The first-order chi connectivity index (χ1) is 47.5. The molecule has 578 valence electrons. The maximum Gasteiger partial charge on any atom is 0.472 e. The van der Waals surface area contributed by atoms with Gasteiger partial charge in [-0.1, -0.05) is 341 Å². The predicted octanol–water partition coefficient (Wildman–Crippen LogP) is 23.2. The van der Waals surface area contributed by atoms with E-state index in [1.165, 1.54) is 199 Å². The number of hydrogen-bond acceptors (Lipinski definition) is 15. The van der Waals surface area contributed by atoms with Gasteiger partial charge in [-0.2, -0.15) is 0 Å². The zero-order valence-electron chi connectivity index (χ0n) is 63.4. The van der Waals surface area contributed by atoms with Crippen molar-refractivity contribution in [2.24, 2.45) is 5.92 Å². The molecule has 0 bridgehead atoms. The molecule has 0 amide bonds. The Morgan fingerprint density at radius 1 is 0.316 bits per heavy atom. The Morgan fingerprint density at radius 2 is 0.551 bits per heavy atom. The normalized spacial score (nSPS) is 14.1. The predicted molar refractivity (Wildman–Crippen MR) is 400 cm³/mol. The minimum atomic E-state index is -4.97. The van der Waals surface area contributed by atoms with Crippen LogP contribution in [0, 0.1) is 5.92 Å². The number of aliphatic hydroxyl groups is 1. The van der Waals surface area contributed by atoms with E-state index in [0.717, 1.165) is 115 Å². The van der Waals surface area contributed by atoms with Crippen LogP contribution in [0.4, 0.5) is 0 Å². The Labute approximate surface area is 599 Å². The molecule has 0 heterocycles. The van der Waals surface area contributed by atoms with Crippen LogP contribution in [-0.2, 0) is 65.4 Å². The molecule has 5 atom stereocenters. The highest BCUT2D eigenvalue weighted by Gasteiger charge is 2.30. The van der Waals surface area contributed by atoms with Crippen LogP contribution in [0.1, 0.15) is 394 Å². The highest BCUT2D eigenvalue weighted by molar-refractivity contribution is 7.47. The summed E-state index contributed by atoms with van der Waals surface area (Å²) >= 11 is 0. The highest BCUT2D eigenvalue weighted by Crippen LogP contribution is 2.45. The lowest BCUT2D eigenvalue weighted by Crippen LogP contribution is -2.30. The summed E-state index contributed by atoms with van der Waals surface area (Å²) in [5.74, 6) is -1.39. The summed E-state index contributed by atoms with van der Waals surface area (Å²) < 4.78 is 68.6. The Balaban J connectivity index is 5.30. The number of unbranched alkanes of at least 4 members (excludes halogenated alkanes) is 46. The Bertz CT molecular complexity index is 1970. The summed E-state index contributed by atoms with van der Waals surface area (Å²) in [6.07, 6.45) is 64.5. The molecule has 0 saturated heterocycles. The summed E-state index contributed by atoms with van der Waals surface area (Å²) in [7, 11) is -9.93. The number of phosphoric acid groups is 2. The lowest BCUT2D eigenvalue weighted by atomic mass is 10.0. The molecular formula is C79H150O17P2.